The number of aromatic nitrogens is 5. The van der Waals surface area contributed by atoms with Crippen LogP contribution in [0.3, 0.4) is 0 Å². The van der Waals surface area contributed by atoms with Crippen LogP contribution in [0, 0.1) is 18.7 Å². The van der Waals surface area contributed by atoms with Crippen LogP contribution >= 0.6 is 15.9 Å². The van der Waals surface area contributed by atoms with E-state index in [1.54, 1.807) is 16.9 Å². The predicted molar refractivity (Wildman–Crippen MR) is 132 cm³/mol. The van der Waals surface area contributed by atoms with Crippen LogP contribution < -0.4 is 4.74 Å². The highest BCUT2D eigenvalue weighted by molar-refractivity contribution is 9.10. The van der Waals surface area contributed by atoms with Gasteiger partial charge in [-0.25, -0.2) is 4.39 Å². The van der Waals surface area contributed by atoms with Gasteiger partial charge in [-0.1, -0.05) is 6.07 Å². The largest absolute Gasteiger partial charge is 0.484 e. The number of rotatable bonds is 8. The van der Waals surface area contributed by atoms with E-state index in [2.05, 4.69) is 32.2 Å². The van der Waals surface area contributed by atoms with Crippen LogP contribution in [0.15, 0.2) is 53.5 Å². The monoisotopic (exact) mass is 523 g/mol. The Bertz CT molecular complexity index is 1330. The molecule has 0 saturated heterocycles. The van der Waals surface area contributed by atoms with E-state index in [4.69, 9.17) is 9.84 Å². The fraction of sp³-hybridized carbons (Fsp3) is 0.346. The number of aryl methyl sites for hydroxylation is 2. The van der Waals surface area contributed by atoms with Crippen LogP contribution in [0.4, 0.5) is 4.39 Å². The third-order valence-electron chi connectivity index (χ3n) is 6.16. The number of pyridine rings is 1. The molecule has 8 heteroatoms. The summed E-state index contributed by atoms with van der Waals surface area (Å²) in [6.45, 7) is 4.80. The van der Waals surface area contributed by atoms with Crippen molar-refractivity contribution in [2.24, 2.45) is 13.0 Å². The maximum absolute atomic E-state index is 14.4. The van der Waals surface area contributed by atoms with Crippen molar-refractivity contribution in [3.05, 3.63) is 81.9 Å². The molecule has 0 amide bonds. The van der Waals surface area contributed by atoms with Gasteiger partial charge in [-0.05, 0) is 77.9 Å². The fourth-order valence-electron chi connectivity index (χ4n) is 4.22. The summed E-state index contributed by atoms with van der Waals surface area (Å²) in [4.78, 5) is 4.34. The fourth-order valence-corrected chi connectivity index (χ4v) is 4.53. The van der Waals surface area contributed by atoms with Crippen molar-refractivity contribution in [1.29, 1.82) is 0 Å². The maximum Gasteiger partial charge on any atom is 0.142 e. The standard InChI is InChI=1S/C26H27BrFN5O/c1-16-26(9-20(27)12-29-16)34-17(2)23-10-21(28)6-7-22(23)24-15-32(3)31-25(24)8-19-11-30-33(14-19)13-18-4-5-18/h6-7,9-12,14-15,17-18H,4-5,8,13H2,1-3H3/t17-/m0/s1. The summed E-state index contributed by atoms with van der Waals surface area (Å²) in [7, 11) is 1.91. The topological polar surface area (TPSA) is 57.8 Å². The first-order valence-corrected chi connectivity index (χ1v) is 12.3. The third-order valence-corrected chi connectivity index (χ3v) is 6.59. The first-order chi connectivity index (χ1) is 16.4. The lowest BCUT2D eigenvalue weighted by atomic mass is 9.95. The van der Waals surface area contributed by atoms with Gasteiger partial charge in [0, 0.05) is 54.2 Å². The molecule has 0 N–H and O–H groups in total. The molecule has 1 fully saturated rings. The van der Waals surface area contributed by atoms with Crippen molar-refractivity contribution in [3.8, 4) is 16.9 Å². The Morgan fingerprint density at radius 3 is 2.79 bits per heavy atom. The summed E-state index contributed by atoms with van der Waals surface area (Å²) < 4.78 is 25.3. The second-order valence-corrected chi connectivity index (χ2v) is 10.00. The van der Waals surface area contributed by atoms with E-state index in [1.165, 1.54) is 18.9 Å². The first-order valence-electron chi connectivity index (χ1n) is 11.5. The molecule has 0 aliphatic heterocycles. The summed E-state index contributed by atoms with van der Waals surface area (Å²) in [5, 5.41) is 9.25. The lowest BCUT2D eigenvalue weighted by Gasteiger charge is -2.20. The van der Waals surface area contributed by atoms with Gasteiger partial charge < -0.3 is 4.74 Å². The Morgan fingerprint density at radius 2 is 2.00 bits per heavy atom. The molecule has 0 bridgehead atoms. The van der Waals surface area contributed by atoms with Gasteiger partial charge in [0.05, 0.1) is 17.6 Å². The van der Waals surface area contributed by atoms with E-state index >= 15 is 0 Å². The van der Waals surface area contributed by atoms with Crippen LogP contribution in [0.2, 0.25) is 0 Å². The molecule has 6 nitrogen and oxygen atoms in total. The molecule has 0 spiro atoms. The van der Waals surface area contributed by atoms with Gasteiger partial charge in [-0.2, -0.15) is 10.2 Å². The zero-order valence-corrected chi connectivity index (χ0v) is 21.1. The molecule has 34 heavy (non-hydrogen) atoms. The number of hydrogen-bond acceptors (Lipinski definition) is 4. The molecule has 1 atom stereocenters. The minimum Gasteiger partial charge on any atom is -0.484 e. The average Bonchev–Trinajstić information content (AvgIpc) is 3.38. The normalized spacial score (nSPS) is 14.4. The third kappa shape index (κ3) is 5.06. The molecular formula is C26H27BrFN5O. The van der Waals surface area contributed by atoms with Gasteiger partial charge in [0.15, 0.2) is 0 Å². The van der Waals surface area contributed by atoms with E-state index in [9.17, 15) is 4.39 Å². The second kappa shape index (κ2) is 9.33. The van der Waals surface area contributed by atoms with Crippen molar-refractivity contribution in [3.63, 3.8) is 0 Å². The molecule has 1 saturated carbocycles. The zero-order valence-electron chi connectivity index (χ0n) is 19.5. The summed E-state index contributed by atoms with van der Waals surface area (Å²) in [6, 6.07) is 6.73. The Kier molecular flexibility index (Phi) is 6.25. The summed E-state index contributed by atoms with van der Waals surface area (Å²) in [6.07, 6.45) is 10.6. The lowest BCUT2D eigenvalue weighted by molar-refractivity contribution is 0.224. The average molecular weight is 524 g/mol. The summed E-state index contributed by atoms with van der Waals surface area (Å²) in [5.41, 5.74) is 5.45. The molecule has 3 heterocycles. The molecule has 0 unspecified atom stereocenters. The smallest absolute Gasteiger partial charge is 0.142 e. The van der Waals surface area contributed by atoms with Gasteiger partial charge in [-0.3, -0.25) is 14.3 Å². The van der Waals surface area contributed by atoms with Gasteiger partial charge in [-0.15, -0.1) is 0 Å². The molecular weight excluding hydrogens is 497 g/mol. The van der Waals surface area contributed by atoms with Gasteiger partial charge in [0.2, 0.25) is 0 Å². The minimum absolute atomic E-state index is 0.301. The van der Waals surface area contributed by atoms with E-state index in [0.29, 0.717) is 12.2 Å². The highest BCUT2D eigenvalue weighted by Gasteiger charge is 2.23. The Morgan fingerprint density at radius 1 is 1.18 bits per heavy atom. The van der Waals surface area contributed by atoms with Crippen molar-refractivity contribution in [2.75, 3.05) is 0 Å². The minimum atomic E-state index is -0.394. The summed E-state index contributed by atoms with van der Waals surface area (Å²) >= 11 is 3.45. The zero-order chi connectivity index (χ0) is 23.8. The number of benzene rings is 1. The molecule has 4 aromatic rings. The number of hydrogen-bond donors (Lipinski definition) is 0. The Hall–Kier alpha value is -3.00. The molecule has 1 aromatic carbocycles. The quantitative estimate of drug-likeness (QED) is 0.283. The van der Waals surface area contributed by atoms with Crippen LogP contribution in [-0.4, -0.2) is 24.5 Å². The molecule has 1 aliphatic carbocycles. The van der Waals surface area contributed by atoms with Gasteiger partial charge in [0.25, 0.3) is 0 Å². The van der Waals surface area contributed by atoms with E-state index < -0.39 is 6.10 Å². The van der Waals surface area contributed by atoms with E-state index in [1.807, 2.05) is 50.1 Å². The van der Waals surface area contributed by atoms with Crippen molar-refractivity contribution >= 4 is 15.9 Å². The van der Waals surface area contributed by atoms with E-state index in [-0.39, 0.29) is 5.82 Å². The highest BCUT2D eigenvalue weighted by atomic mass is 79.9. The molecule has 176 valence electrons. The van der Waals surface area contributed by atoms with Gasteiger partial charge in [0.1, 0.15) is 17.7 Å². The SMILES string of the molecule is Cc1ncc(Br)cc1O[C@@H](C)c1cc(F)ccc1-c1cn(C)nc1Cc1cnn(CC2CC2)c1. The lowest BCUT2D eigenvalue weighted by Crippen LogP contribution is -2.07. The predicted octanol–water partition coefficient (Wildman–Crippen LogP) is 6.03. The Balaban J connectivity index is 1.46. The van der Waals surface area contributed by atoms with Crippen molar-refractivity contribution < 1.29 is 9.13 Å². The van der Waals surface area contributed by atoms with Crippen molar-refractivity contribution in [2.45, 2.75) is 45.8 Å². The molecule has 0 radical (unpaired) electrons. The number of nitrogens with zero attached hydrogens (tertiary/aromatic N) is 5. The van der Waals surface area contributed by atoms with E-state index in [0.717, 1.165) is 50.6 Å². The van der Waals surface area contributed by atoms with Crippen LogP contribution in [-0.2, 0) is 20.0 Å². The van der Waals surface area contributed by atoms with Crippen LogP contribution in [0.25, 0.3) is 11.1 Å². The molecule has 5 rings (SSSR count). The maximum atomic E-state index is 14.4. The van der Waals surface area contributed by atoms with Crippen LogP contribution in [0.5, 0.6) is 5.75 Å². The number of ether oxygens (including phenoxy) is 1. The van der Waals surface area contributed by atoms with Crippen molar-refractivity contribution in [1.82, 2.24) is 24.5 Å². The summed E-state index contributed by atoms with van der Waals surface area (Å²) in [5.74, 6) is 1.13. The highest BCUT2D eigenvalue weighted by Crippen LogP contribution is 2.35. The number of halogens is 2. The second-order valence-electron chi connectivity index (χ2n) is 9.08. The molecule has 1 aliphatic rings. The van der Waals surface area contributed by atoms with Gasteiger partial charge >= 0.3 is 0 Å². The Labute approximate surface area is 206 Å². The first kappa shape index (κ1) is 22.8. The van der Waals surface area contributed by atoms with Crippen LogP contribution in [0.1, 0.15) is 48.4 Å². The molecule has 3 aromatic heterocycles.